The first-order valence-corrected chi connectivity index (χ1v) is 8.23. The molecule has 0 amide bonds. The van der Waals surface area contributed by atoms with Crippen molar-refractivity contribution in [3.05, 3.63) is 29.8 Å². The zero-order chi connectivity index (χ0) is 13.9. The molecule has 2 atom stereocenters. The molecule has 1 fully saturated rings. The first-order valence-electron chi connectivity index (χ1n) is 6.75. The second-order valence-corrected chi connectivity index (χ2v) is 6.97. The minimum atomic E-state index is -3.42. The molecule has 1 aliphatic rings. The van der Waals surface area contributed by atoms with E-state index in [-0.39, 0.29) is 12.6 Å². The van der Waals surface area contributed by atoms with Crippen LogP contribution in [0.15, 0.2) is 29.2 Å². The quantitative estimate of drug-likeness (QED) is 0.864. The molecular formula is C14H21NO3S. The van der Waals surface area contributed by atoms with Gasteiger partial charge in [-0.3, -0.25) is 0 Å². The Hall–Kier alpha value is -0.910. The summed E-state index contributed by atoms with van der Waals surface area (Å²) in [6.45, 7) is 2.16. The maximum Gasteiger partial charge on any atom is 0.240 e. The SMILES string of the molecule is CC1CCCC1NS(=O)(=O)c1ccc(CCO)cc1. The van der Waals surface area contributed by atoms with Crippen molar-refractivity contribution in [2.45, 2.75) is 43.5 Å². The van der Waals surface area contributed by atoms with E-state index in [0.29, 0.717) is 17.2 Å². The molecule has 2 unspecified atom stereocenters. The van der Waals surface area contributed by atoms with E-state index in [1.165, 1.54) is 0 Å². The maximum atomic E-state index is 12.2. The average molecular weight is 283 g/mol. The minimum absolute atomic E-state index is 0.0575. The summed E-state index contributed by atoms with van der Waals surface area (Å²) in [4.78, 5) is 0.299. The number of rotatable bonds is 5. The molecule has 1 aromatic rings. The molecular weight excluding hydrogens is 262 g/mol. The summed E-state index contributed by atoms with van der Waals surface area (Å²) in [5, 5.41) is 8.84. The van der Waals surface area contributed by atoms with Crippen molar-refractivity contribution in [1.29, 1.82) is 0 Å². The Kier molecular flexibility index (Phi) is 4.60. The van der Waals surface area contributed by atoms with E-state index >= 15 is 0 Å². The van der Waals surface area contributed by atoms with Gasteiger partial charge in [-0.05, 0) is 42.9 Å². The number of hydrogen-bond acceptors (Lipinski definition) is 3. The van der Waals surface area contributed by atoms with E-state index in [1.807, 2.05) is 0 Å². The van der Waals surface area contributed by atoms with Crippen LogP contribution < -0.4 is 4.72 Å². The number of nitrogens with one attached hydrogen (secondary N) is 1. The van der Waals surface area contributed by atoms with Gasteiger partial charge in [0.15, 0.2) is 0 Å². The van der Waals surface area contributed by atoms with Crippen LogP contribution in [0.1, 0.15) is 31.7 Å². The Bertz CT molecular complexity index is 510. The maximum absolute atomic E-state index is 12.2. The second kappa shape index (κ2) is 6.03. The number of sulfonamides is 1. The van der Waals surface area contributed by atoms with Gasteiger partial charge < -0.3 is 5.11 Å². The molecule has 0 radical (unpaired) electrons. The summed E-state index contributed by atoms with van der Waals surface area (Å²) in [7, 11) is -3.42. The number of aliphatic hydroxyl groups excluding tert-OH is 1. The molecule has 1 aromatic carbocycles. The minimum Gasteiger partial charge on any atom is -0.396 e. The second-order valence-electron chi connectivity index (χ2n) is 5.25. The zero-order valence-electron chi connectivity index (χ0n) is 11.2. The Morgan fingerprint density at radius 1 is 1.26 bits per heavy atom. The molecule has 0 aromatic heterocycles. The highest BCUT2D eigenvalue weighted by molar-refractivity contribution is 7.89. The lowest BCUT2D eigenvalue weighted by Gasteiger charge is -2.17. The van der Waals surface area contributed by atoms with Gasteiger partial charge in [-0.1, -0.05) is 25.5 Å². The van der Waals surface area contributed by atoms with E-state index in [4.69, 9.17) is 5.11 Å². The molecule has 0 bridgehead atoms. The molecule has 1 aliphatic carbocycles. The summed E-state index contributed by atoms with van der Waals surface area (Å²) in [5.41, 5.74) is 0.940. The average Bonchev–Trinajstić information content (AvgIpc) is 2.75. The first kappa shape index (κ1) is 14.5. The summed E-state index contributed by atoms with van der Waals surface area (Å²) in [6, 6.07) is 6.77. The summed E-state index contributed by atoms with van der Waals surface area (Å²) >= 11 is 0. The van der Waals surface area contributed by atoms with E-state index in [0.717, 1.165) is 24.8 Å². The third-order valence-corrected chi connectivity index (χ3v) is 5.31. The largest absolute Gasteiger partial charge is 0.396 e. The zero-order valence-corrected chi connectivity index (χ0v) is 12.0. The Morgan fingerprint density at radius 2 is 1.95 bits per heavy atom. The first-order chi connectivity index (χ1) is 9.03. The lowest BCUT2D eigenvalue weighted by molar-refractivity contribution is 0.299. The van der Waals surface area contributed by atoms with Crippen molar-refractivity contribution in [3.63, 3.8) is 0 Å². The van der Waals surface area contributed by atoms with Crippen LogP contribution in [0, 0.1) is 5.92 Å². The van der Waals surface area contributed by atoms with Gasteiger partial charge in [-0.15, -0.1) is 0 Å². The molecule has 106 valence electrons. The van der Waals surface area contributed by atoms with Gasteiger partial charge >= 0.3 is 0 Å². The highest BCUT2D eigenvalue weighted by Crippen LogP contribution is 2.26. The highest BCUT2D eigenvalue weighted by Gasteiger charge is 2.28. The molecule has 19 heavy (non-hydrogen) atoms. The Balaban J connectivity index is 2.10. The fourth-order valence-corrected chi connectivity index (χ4v) is 3.93. The third kappa shape index (κ3) is 3.55. The normalized spacial score (nSPS) is 23.7. The molecule has 2 N–H and O–H groups in total. The van der Waals surface area contributed by atoms with Crippen LogP contribution >= 0.6 is 0 Å². The van der Waals surface area contributed by atoms with E-state index in [2.05, 4.69) is 11.6 Å². The predicted octanol–water partition coefficient (Wildman–Crippen LogP) is 1.69. The lowest BCUT2D eigenvalue weighted by Crippen LogP contribution is -2.36. The summed E-state index contributed by atoms with van der Waals surface area (Å²) in [6.07, 6.45) is 3.64. The smallest absolute Gasteiger partial charge is 0.240 e. The Labute approximate surface area is 114 Å². The van der Waals surface area contributed by atoms with Crippen LogP contribution in [-0.4, -0.2) is 26.2 Å². The van der Waals surface area contributed by atoms with Gasteiger partial charge in [0.25, 0.3) is 0 Å². The van der Waals surface area contributed by atoms with E-state index < -0.39 is 10.0 Å². The van der Waals surface area contributed by atoms with Gasteiger partial charge in [0.2, 0.25) is 10.0 Å². The van der Waals surface area contributed by atoms with Crippen LogP contribution in [0.25, 0.3) is 0 Å². The van der Waals surface area contributed by atoms with Crippen LogP contribution in [0.2, 0.25) is 0 Å². The standard InChI is InChI=1S/C14H21NO3S/c1-11-3-2-4-14(11)15-19(17,18)13-7-5-12(6-8-13)9-10-16/h5-8,11,14-16H,2-4,9-10H2,1H3. The molecule has 0 saturated heterocycles. The van der Waals surface area contributed by atoms with Crippen molar-refractivity contribution in [2.24, 2.45) is 5.92 Å². The van der Waals surface area contributed by atoms with Gasteiger partial charge in [-0.25, -0.2) is 13.1 Å². The fraction of sp³-hybridized carbons (Fsp3) is 0.571. The van der Waals surface area contributed by atoms with Crippen LogP contribution in [0.4, 0.5) is 0 Å². The Morgan fingerprint density at radius 3 is 2.47 bits per heavy atom. The van der Waals surface area contributed by atoms with Crippen molar-refractivity contribution in [3.8, 4) is 0 Å². The molecule has 0 spiro atoms. The van der Waals surface area contributed by atoms with Crippen LogP contribution in [-0.2, 0) is 16.4 Å². The topological polar surface area (TPSA) is 66.4 Å². The third-order valence-electron chi connectivity index (χ3n) is 3.80. The van der Waals surface area contributed by atoms with Gasteiger partial charge in [0.1, 0.15) is 0 Å². The molecule has 2 rings (SSSR count). The monoisotopic (exact) mass is 283 g/mol. The van der Waals surface area contributed by atoms with Gasteiger partial charge in [0, 0.05) is 12.6 Å². The molecule has 0 heterocycles. The van der Waals surface area contributed by atoms with Crippen molar-refractivity contribution in [2.75, 3.05) is 6.61 Å². The fourth-order valence-electron chi connectivity index (χ4n) is 2.55. The van der Waals surface area contributed by atoms with Crippen molar-refractivity contribution in [1.82, 2.24) is 4.72 Å². The van der Waals surface area contributed by atoms with Crippen molar-refractivity contribution >= 4 is 10.0 Å². The van der Waals surface area contributed by atoms with Crippen molar-refractivity contribution < 1.29 is 13.5 Å². The van der Waals surface area contributed by atoms with Gasteiger partial charge in [-0.2, -0.15) is 0 Å². The number of benzene rings is 1. The molecule has 1 saturated carbocycles. The van der Waals surface area contributed by atoms with Crippen LogP contribution in [0.5, 0.6) is 0 Å². The number of aliphatic hydroxyl groups is 1. The van der Waals surface area contributed by atoms with Crippen LogP contribution in [0.3, 0.4) is 0 Å². The molecule has 4 nitrogen and oxygen atoms in total. The molecule has 5 heteroatoms. The molecule has 0 aliphatic heterocycles. The van der Waals surface area contributed by atoms with Gasteiger partial charge in [0.05, 0.1) is 4.90 Å². The summed E-state index contributed by atoms with van der Waals surface area (Å²) < 4.78 is 27.3. The summed E-state index contributed by atoms with van der Waals surface area (Å²) in [5.74, 6) is 0.406. The van der Waals surface area contributed by atoms with E-state index in [1.54, 1.807) is 24.3 Å². The predicted molar refractivity (Wildman–Crippen MR) is 74.4 cm³/mol. The number of hydrogen-bond donors (Lipinski definition) is 2. The highest BCUT2D eigenvalue weighted by atomic mass is 32.2. The lowest BCUT2D eigenvalue weighted by atomic mass is 10.1. The van der Waals surface area contributed by atoms with E-state index in [9.17, 15) is 8.42 Å².